The Hall–Kier alpha value is -2.66. The number of rotatable bonds is 5. The Morgan fingerprint density at radius 2 is 1.84 bits per heavy atom. The Labute approximate surface area is 227 Å². The number of benzene rings is 1. The quantitative estimate of drug-likeness (QED) is 0.487. The standard InChI is InChI=1S/C33H42N2O3/c1-22-19-29-27-10-5-23-20-25(36)11-13-32(23,2)28(27)12-14-33(29,3)31(22)30(37)21-34-15-17-35(18-16-34)24-6-8-26(38-4)9-7-24/h6-9,11-13,20,22,27,29,31H,5,10,14-19,21H2,1-4H3/t22-,27-,29+,31-,32+,33+/m1/s1. The average Bonchev–Trinajstić information content (AvgIpc) is 3.19. The molecule has 0 N–H and O–H groups in total. The number of fused-ring (bicyclic) bond motifs is 5. The largest absolute Gasteiger partial charge is 0.497 e. The summed E-state index contributed by atoms with van der Waals surface area (Å²) in [4.78, 5) is 30.8. The van der Waals surface area contributed by atoms with E-state index in [9.17, 15) is 9.59 Å². The fourth-order valence-electron chi connectivity index (χ4n) is 8.85. The van der Waals surface area contributed by atoms with E-state index >= 15 is 0 Å². The average molecular weight is 515 g/mol. The summed E-state index contributed by atoms with van der Waals surface area (Å²) in [5.74, 6) is 3.05. The SMILES string of the molecule is COc1ccc(N2CCN(CC(=O)[C@H]3[C@H](C)C[C@H]4[C@@H]5CCC6=CC(=O)C=C[C@]6(C)C5=CC[C@@]43C)CC2)cc1. The molecule has 5 nitrogen and oxygen atoms in total. The number of allylic oxidation sites excluding steroid dienone is 6. The lowest BCUT2D eigenvalue weighted by Crippen LogP contribution is -2.50. The predicted octanol–water partition coefficient (Wildman–Crippen LogP) is 5.48. The van der Waals surface area contributed by atoms with Gasteiger partial charge in [-0.15, -0.1) is 0 Å². The van der Waals surface area contributed by atoms with Crippen molar-refractivity contribution in [1.29, 1.82) is 0 Å². The molecule has 0 amide bonds. The van der Waals surface area contributed by atoms with Crippen LogP contribution in [-0.4, -0.2) is 56.3 Å². The second-order valence-corrected chi connectivity index (χ2v) is 12.8. The van der Waals surface area contributed by atoms with E-state index in [0.29, 0.717) is 30.1 Å². The Morgan fingerprint density at radius 3 is 2.55 bits per heavy atom. The number of ether oxygens (including phenoxy) is 1. The summed E-state index contributed by atoms with van der Waals surface area (Å²) < 4.78 is 5.30. The molecule has 6 rings (SSSR count). The lowest BCUT2D eigenvalue weighted by molar-refractivity contribution is -0.129. The van der Waals surface area contributed by atoms with Gasteiger partial charge in [0.05, 0.1) is 13.7 Å². The van der Waals surface area contributed by atoms with E-state index in [1.807, 2.05) is 18.2 Å². The van der Waals surface area contributed by atoms with Gasteiger partial charge >= 0.3 is 0 Å². The Balaban J connectivity index is 1.14. The second kappa shape index (κ2) is 9.51. The minimum atomic E-state index is -0.118. The Bertz CT molecular complexity index is 1210. The van der Waals surface area contributed by atoms with Crippen molar-refractivity contribution in [2.45, 2.75) is 46.5 Å². The van der Waals surface area contributed by atoms with Gasteiger partial charge in [-0.3, -0.25) is 14.5 Å². The molecule has 0 bridgehead atoms. The summed E-state index contributed by atoms with van der Waals surface area (Å²) in [6, 6.07) is 8.28. The van der Waals surface area contributed by atoms with Gasteiger partial charge in [-0.05, 0) is 92.2 Å². The number of ketones is 2. The number of nitrogens with zero attached hydrogens (tertiary/aromatic N) is 2. The summed E-state index contributed by atoms with van der Waals surface area (Å²) in [6.07, 6.45) is 12.5. The van der Waals surface area contributed by atoms with Gasteiger partial charge in [-0.2, -0.15) is 0 Å². The summed E-state index contributed by atoms with van der Waals surface area (Å²) in [5, 5.41) is 0. The molecule has 1 saturated heterocycles. The van der Waals surface area contributed by atoms with Crippen molar-refractivity contribution in [3.05, 3.63) is 59.7 Å². The Morgan fingerprint density at radius 1 is 1.11 bits per heavy atom. The smallest absolute Gasteiger partial charge is 0.178 e. The third-order valence-electron chi connectivity index (χ3n) is 10.8. The topological polar surface area (TPSA) is 49.9 Å². The normalized spacial score (nSPS) is 36.6. The molecule has 0 spiro atoms. The van der Waals surface area contributed by atoms with Crippen LogP contribution < -0.4 is 9.64 Å². The molecule has 2 saturated carbocycles. The van der Waals surface area contributed by atoms with Crippen LogP contribution in [0.5, 0.6) is 5.75 Å². The molecule has 1 aromatic rings. The maximum atomic E-state index is 13.9. The van der Waals surface area contributed by atoms with E-state index in [4.69, 9.17) is 4.74 Å². The fraction of sp³-hybridized carbons (Fsp3) is 0.576. The second-order valence-electron chi connectivity index (χ2n) is 12.8. The molecule has 6 atom stereocenters. The highest BCUT2D eigenvalue weighted by Crippen LogP contribution is 2.65. The number of hydrogen-bond donors (Lipinski definition) is 0. The molecule has 0 unspecified atom stereocenters. The van der Waals surface area contributed by atoms with Crippen LogP contribution in [0.15, 0.2) is 59.7 Å². The number of hydrogen-bond acceptors (Lipinski definition) is 5. The van der Waals surface area contributed by atoms with Crippen molar-refractivity contribution in [3.8, 4) is 5.75 Å². The molecular weight excluding hydrogens is 472 g/mol. The maximum Gasteiger partial charge on any atom is 0.178 e. The van der Waals surface area contributed by atoms with E-state index in [2.05, 4.69) is 54.9 Å². The van der Waals surface area contributed by atoms with Gasteiger partial charge < -0.3 is 9.64 Å². The molecule has 0 radical (unpaired) electrons. The van der Waals surface area contributed by atoms with Crippen LogP contribution in [0.1, 0.15) is 46.5 Å². The lowest BCUT2D eigenvalue weighted by atomic mass is 9.52. The number of methoxy groups -OCH3 is 1. The first-order valence-corrected chi connectivity index (χ1v) is 14.5. The molecule has 1 aromatic carbocycles. The van der Waals surface area contributed by atoms with Crippen LogP contribution >= 0.6 is 0 Å². The zero-order valence-corrected chi connectivity index (χ0v) is 23.4. The number of carbonyl (C=O) groups is 2. The van der Waals surface area contributed by atoms with Crippen LogP contribution in [0.2, 0.25) is 0 Å². The van der Waals surface area contributed by atoms with E-state index in [1.165, 1.54) is 16.8 Å². The van der Waals surface area contributed by atoms with E-state index in [-0.39, 0.29) is 22.5 Å². The van der Waals surface area contributed by atoms with Crippen molar-refractivity contribution in [1.82, 2.24) is 4.90 Å². The van der Waals surface area contributed by atoms with Crippen molar-refractivity contribution < 1.29 is 14.3 Å². The van der Waals surface area contributed by atoms with Crippen molar-refractivity contribution in [2.24, 2.45) is 34.5 Å². The summed E-state index contributed by atoms with van der Waals surface area (Å²) in [7, 11) is 1.70. The minimum Gasteiger partial charge on any atom is -0.497 e. The van der Waals surface area contributed by atoms with E-state index < -0.39 is 0 Å². The zero-order chi connectivity index (χ0) is 26.7. The lowest BCUT2D eigenvalue weighted by Gasteiger charge is -2.52. The molecule has 5 aliphatic rings. The van der Waals surface area contributed by atoms with Gasteiger partial charge in [0, 0.05) is 43.2 Å². The highest BCUT2D eigenvalue weighted by molar-refractivity contribution is 6.01. The molecule has 1 heterocycles. The zero-order valence-electron chi connectivity index (χ0n) is 23.4. The predicted molar refractivity (Wildman–Crippen MR) is 151 cm³/mol. The van der Waals surface area contributed by atoms with Crippen molar-refractivity contribution >= 4 is 17.3 Å². The summed E-state index contributed by atoms with van der Waals surface area (Å²) in [5.41, 5.74) is 3.92. The molecule has 3 fully saturated rings. The van der Waals surface area contributed by atoms with Gasteiger partial charge in [0.2, 0.25) is 0 Å². The van der Waals surface area contributed by atoms with Crippen LogP contribution in [0.25, 0.3) is 0 Å². The van der Waals surface area contributed by atoms with Crippen molar-refractivity contribution in [2.75, 3.05) is 44.7 Å². The Kier molecular flexibility index (Phi) is 6.41. The molecule has 1 aliphatic heterocycles. The van der Waals surface area contributed by atoms with Gasteiger partial charge in [0.25, 0.3) is 0 Å². The molecule has 38 heavy (non-hydrogen) atoms. The minimum absolute atomic E-state index is 0.0291. The van der Waals surface area contributed by atoms with Gasteiger partial charge in [0.15, 0.2) is 11.6 Å². The molecular formula is C33H42N2O3. The highest BCUT2D eigenvalue weighted by atomic mass is 16.5. The first-order valence-electron chi connectivity index (χ1n) is 14.5. The third kappa shape index (κ3) is 4.09. The van der Waals surface area contributed by atoms with Gasteiger partial charge in [-0.25, -0.2) is 0 Å². The molecule has 0 aromatic heterocycles. The third-order valence-corrected chi connectivity index (χ3v) is 10.8. The molecule has 5 heteroatoms. The summed E-state index contributed by atoms with van der Waals surface area (Å²) in [6.45, 7) is 11.3. The van der Waals surface area contributed by atoms with E-state index in [0.717, 1.165) is 57.6 Å². The van der Waals surface area contributed by atoms with Crippen LogP contribution in [-0.2, 0) is 9.59 Å². The highest BCUT2D eigenvalue weighted by Gasteiger charge is 2.59. The van der Waals surface area contributed by atoms with Crippen LogP contribution in [0, 0.1) is 34.5 Å². The first-order chi connectivity index (χ1) is 18.2. The van der Waals surface area contributed by atoms with Crippen LogP contribution in [0.3, 0.4) is 0 Å². The fourth-order valence-corrected chi connectivity index (χ4v) is 8.85. The number of Topliss-reactive ketones (excluding diaryl/α,β-unsaturated/α-hetero) is 1. The van der Waals surface area contributed by atoms with Crippen molar-refractivity contribution in [3.63, 3.8) is 0 Å². The first kappa shape index (κ1) is 25.6. The van der Waals surface area contributed by atoms with Gasteiger partial charge in [-0.1, -0.05) is 37.1 Å². The molecule has 4 aliphatic carbocycles. The molecule has 202 valence electrons. The van der Waals surface area contributed by atoms with Gasteiger partial charge in [0.1, 0.15) is 5.75 Å². The van der Waals surface area contributed by atoms with E-state index in [1.54, 1.807) is 13.2 Å². The van der Waals surface area contributed by atoms with Crippen LogP contribution in [0.4, 0.5) is 5.69 Å². The maximum absolute atomic E-state index is 13.9. The monoisotopic (exact) mass is 514 g/mol. The number of carbonyl (C=O) groups excluding carboxylic acids is 2. The number of piperazine rings is 1. The summed E-state index contributed by atoms with van der Waals surface area (Å²) >= 11 is 0. The number of anilines is 1.